The van der Waals surface area contributed by atoms with Gasteiger partial charge in [-0.05, 0) is 39.7 Å². The lowest BCUT2D eigenvalue weighted by atomic mass is 9.88. The van der Waals surface area contributed by atoms with Crippen molar-refractivity contribution in [3.05, 3.63) is 12.7 Å². The van der Waals surface area contributed by atoms with E-state index >= 15 is 0 Å². The summed E-state index contributed by atoms with van der Waals surface area (Å²) in [5, 5.41) is 3.71. The third kappa shape index (κ3) is 4.38. The second-order valence-corrected chi connectivity index (χ2v) is 5.63. The number of nitrogens with zero attached hydrogens (tertiary/aromatic N) is 1. The van der Waals surface area contributed by atoms with Crippen LogP contribution in [0.5, 0.6) is 0 Å². The zero-order chi connectivity index (χ0) is 13.4. The molecule has 1 aliphatic heterocycles. The van der Waals surface area contributed by atoms with Crippen molar-refractivity contribution in [1.82, 2.24) is 10.2 Å². The summed E-state index contributed by atoms with van der Waals surface area (Å²) in [7, 11) is 0. The van der Waals surface area contributed by atoms with E-state index in [-0.39, 0.29) is 5.54 Å². The minimum Gasteiger partial charge on any atom is -0.379 e. The lowest BCUT2D eigenvalue weighted by Gasteiger charge is -2.46. The van der Waals surface area contributed by atoms with Crippen LogP contribution in [0.15, 0.2) is 12.7 Å². The van der Waals surface area contributed by atoms with Crippen LogP contribution in [0.4, 0.5) is 0 Å². The van der Waals surface area contributed by atoms with E-state index in [0.717, 1.165) is 45.7 Å². The van der Waals surface area contributed by atoms with E-state index in [1.807, 2.05) is 6.08 Å². The molecule has 0 radical (unpaired) electrons. The third-order valence-electron chi connectivity index (χ3n) is 3.98. The van der Waals surface area contributed by atoms with Gasteiger partial charge in [0.15, 0.2) is 0 Å². The predicted octanol–water partition coefficient (Wildman–Crippen LogP) is 2.43. The Kier molecular flexibility index (Phi) is 6.90. The van der Waals surface area contributed by atoms with Gasteiger partial charge < -0.3 is 10.1 Å². The highest BCUT2D eigenvalue weighted by Gasteiger charge is 2.35. The van der Waals surface area contributed by atoms with Crippen molar-refractivity contribution in [1.29, 1.82) is 0 Å². The molecule has 18 heavy (non-hydrogen) atoms. The van der Waals surface area contributed by atoms with E-state index in [1.165, 1.54) is 6.42 Å². The van der Waals surface area contributed by atoms with E-state index < -0.39 is 0 Å². The second kappa shape index (κ2) is 7.93. The van der Waals surface area contributed by atoms with E-state index in [1.54, 1.807) is 0 Å². The van der Waals surface area contributed by atoms with Crippen molar-refractivity contribution < 1.29 is 4.74 Å². The first-order valence-corrected chi connectivity index (χ1v) is 7.30. The third-order valence-corrected chi connectivity index (χ3v) is 3.98. The molecule has 1 unspecified atom stereocenters. The zero-order valence-corrected chi connectivity index (χ0v) is 12.4. The Balaban J connectivity index is 2.62. The van der Waals surface area contributed by atoms with Crippen LogP contribution in [0.25, 0.3) is 0 Å². The Hall–Kier alpha value is -0.380. The Bertz CT molecular complexity index is 235. The van der Waals surface area contributed by atoms with Gasteiger partial charge >= 0.3 is 0 Å². The van der Waals surface area contributed by atoms with Crippen LogP contribution in [0.1, 0.15) is 40.0 Å². The van der Waals surface area contributed by atoms with Gasteiger partial charge in [0.05, 0.1) is 13.2 Å². The van der Waals surface area contributed by atoms with Gasteiger partial charge in [-0.25, -0.2) is 0 Å². The molecule has 3 nitrogen and oxygen atoms in total. The van der Waals surface area contributed by atoms with Gasteiger partial charge in [-0.3, -0.25) is 4.90 Å². The first kappa shape index (κ1) is 15.7. The number of morpholine rings is 1. The number of rotatable bonds is 8. The van der Waals surface area contributed by atoms with Gasteiger partial charge in [-0.2, -0.15) is 0 Å². The molecule has 1 fully saturated rings. The molecule has 1 atom stereocenters. The van der Waals surface area contributed by atoms with Crippen LogP contribution in [0.2, 0.25) is 0 Å². The molecular weight excluding hydrogens is 224 g/mol. The maximum atomic E-state index is 5.46. The number of hydrogen-bond acceptors (Lipinski definition) is 3. The van der Waals surface area contributed by atoms with Crippen LogP contribution in [0.3, 0.4) is 0 Å². The molecule has 0 saturated carbocycles. The largest absolute Gasteiger partial charge is 0.379 e. The van der Waals surface area contributed by atoms with Crippen molar-refractivity contribution in [2.75, 3.05) is 32.8 Å². The summed E-state index contributed by atoms with van der Waals surface area (Å²) in [6.45, 7) is 15.7. The summed E-state index contributed by atoms with van der Waals surface area (Å²) in [5.41, 5.74) is 0.183. The molecule has 0 spiro atoms. The second-order valence-electron chi connectivity index (χ2n) is 5.63. The fourth-order valence-electron chi connectivity index (χ4n) is 2.67. The highest BCUT2D eigenvalue weighted by Crippen LogP contribution is 2.23. The van der Waals surface area contributed by atoms with Crippen LogP contribution >= 0.6 is 0 Å². The van der Waals surface area contributed by atoms with Gasteiger partial charge in [0.2, 0.25) is 0 Å². The molecule has 0 aromatic heterocycles. The van der Waals surface area contributed by atoms with E-state index in [2.05, 4.69) is 37.6 Å². The van der Waals surface area contributed by atoms with Gasteiger partial charge in [0.1, 0.15) is 0 Å². The first-order chi connectivity index (χ1) is 8.62. The van der Waals surface area contributed by atoms with Crippen LogP contribution in [-0.4, -0.2) is 49.3 Å². The molecule has 1 aliphatic rings. The van der Waals surface area contributed by atoms with E-state index in [0.29, 0.717) is 6.04 Å². The van der Waals surface area contributed by atoms with Crippen molar-refractivity contribution in [2.24, 2.45) is 0 Å². The SMILES string of the molecule is C=CCCC(NCCC)C(C)(C)N1CCOCC1. The topological polar surface area (TPSA) is 24.5 Å². The molecule has 0 aliphatic carbocycles. The fourth-order valence-corrected chi connectivity index (χ4v) is 2.67. The van der Waals surface area contributed by atoms with E-state index in [4.69, 9.17) is 4.74 Å². The highest BCUT2D eigenvalue weighted by atomic mass is 16.5. The van der Waals surface area contributed by atoms with Gasteiger partial charge in [-0.1, -0.05) is 13.0 Å². The van der Waals surface area contributed by atoms with Crippen molar-refractivity contribution in [3.63, 3.8) is 0 Å². The zero-order valence-electron chi connectivity index (χ0n) is 12.4. The Labute approximate surface area is 113 Å². The summed E-state index contributed by atoms with van der Waals surface area (Å²) < 4.78 is 5.46. The Morgan fingerprint density at radius 1 is 1.39 bits per heavy atom. The fraction of sp³-hybridized carbons (Fsp3) is 0.867. The molecule has 106 valence electrons. The number of nitrogens with one attached hydrogen (secondary N) is 1. The van der Waals surface area contributed by atoms with Crippen molar-refractivity contribution in [3.8, 4) is 0 Å². The Morgan fingerprint density at radius 2 is 2.06 bits per heavy atom. The maximum absolute atomic E-state index is 5.46. The van der Waals surface area contributed by atoms with Gasteiger partial charge in [0.25, 0.3) is 0 Å². The summed E-state index contributed by atoms with van der Waals surface area (Å²) in [4.78, 5) is 2.56. The predicted molar refractivity (Wildman–Crippen MR) is 78.0 cm³/mol. The summed E-state index contributed by atoms with van der Waals surface area (Å²) in [6, 6.07) is 0.522. The summed E-state index contributed by atoms with van der Waals surface area (Å²) in [5.74, 6) is 0. The summed E-state index contributed by atoms with van der Waals surface area (Å²) >= 11 is 0. The minimum absolute atomic E-state index is 0.183. The van der Waals surface area contributed by atoms with E-state index in [9.17, 15) is 0 Å². The van der Waals surface area contributed by atoms with Crippen LogP contribution in [0, 0.1) is 0 Å². The molecule has 0 aromatic carbocycles. The highest BCUT2D eigenvalue weighted by molar-refractivity contribution is 4.95. The molecule has 0 bridgehead atoms. The normalized spacial score (nSPS) is 19.7. The number of allylic oxidation sites excluding steroid dienone is 1. The molecule has 1 saturated heterocycles. The van der Waals surface area contributed by atoms with Crippen LogP contribution < -0.4 is 5.32 Å². The van der Waals surface area contributed by atoms with Gasteiger partial charge in [0, 0.05) is 24.7 Å². The first-order valence-electron chi connectivity index (χ1n) is 7.30. The smallest absolute Gasteiger partial charge is 0.0594 e. The molecule has 3 heteroatoms. The maximum Gasteiger partial charge on any atom is 0.0594 e. The molecule has 0 amide bonds. The number of ether oxygens (including phenoxy) is 1. The van der Waals surface area contributed by atoms with Crippen molar-refractivity contribution in [2.45, 2.75) is 51.6 Å². The monoisotopic (exact) mass is 254 g/mol. The average molecular weight is 254 g/mol. The van der Waals surface area contributed by atoms with Gasteiger partial charge in [-0.15, -0.1) is 6.58 Å². The lowest BCUT2D eigenvalue weighted by Crippen LogP contribution is -2.60. The quantitative estimate of drug-likeness (QED) is 0.673. The minimum atomic E-state index is 0.183. The molecular formula is C15H30N2O. The van der Waals surface area contributed by atoms with Crippen molar-refractivity contribution >= 4 is 0 Å². The molecule has 1 rings (SSSR count). The molecule has 1 heterocycles. The van der Waals surface area contributed by atoms with Crippen LogP contribution in [-0.2, 0) is 4.74 Å². The molecule has 0 aromatic rings. The summed E-state index contributed by atoms with van der Waals surface area (Å²) in [6.07, 6.45) is 5.45. The average Bonchev–Trinajstić information content (AvgIpc) is 2.39. The molecule has 1 N–H and O–H groups in total. The number of hydrogen-bond donors (Lipinski definition) is 1. The Morgan fingerprint density at radius 3 is 2.61 bits per heavy atom. The lowest BCUT2D eigenvalue weighted by molar-refractivity contribution is -0.0242. The standard InChI is InChI=1S/C15H30N2O/c1-5-7-8-14(16-9-6-2)15(3,4)17-10-12-18-13-11-17/h5,14,16H,1,6-13H2,2-4H3.